The number of aromatic nitrogens is 1. The van der Waals surface area contributed by atoms with Gasteiger partial charge in [-0.05, 0) is 25.3 Å². The van der Waals surface area contributed by atoms with E-state index >= 15 is 0 Å². The fourth-order valence-corrected chi connectivity index (χ4v) is 1.09. The third-order valence-corrected chi connectivity index (χ3v) is 2.67. The van der Waals surface area contributed by atoms with Crippen LogP contribution in [0.4, 0.5) is 5.82 Å². The molecule has 1 heterocycles. The van der Waals surface area contributed by atoms with Gasteiger partial charge < -0.3 is 10.4 Å². The molecular weight excluding hydrogens is 200 g/mol. The lowest BCUT2D eigenvalue weighted by Gasteiger charge is -2.09. The van der Waals surface area contributed by atoms with Crippen LogP contribution in [0.25, 0.3) is 0 Å². The van der Waals surface area contributed by atoms with Crippen LogP contribution in [0, 0.1) is 0 Å². The van der Waals surface area contributed by atoms with Crippen molar-refractivity contribution in [2.24, 2.45) is 0 Å². The van der Waals surface area contributed by atoms with Crippen molar-refractivity contribution in [1.29, 1.82) is 0 Å². The zero-order chi connectivity index (χ0) is 10.6. The second kappa shape index (κ2) is 4.85. The Labute approximate surface area is 86.7 Å². The third kappa shape index (κ3) is 2.63. The number of pyridine rings is 1. The number of anilines is 1. The van der Waals surface area contributed by atoms with E-state index in [1.54, 1.807) is 13.0 Å². The number of thioether (sulfide) groups is 1. The molecule has 0 fully saturated rings. The molecule has 5 heteroatoms. The first-order chi connectivity index (χ1) is 6.65. The second-order valence-electron chi connectivity index (χ2n) is 2.74. The molecule has 0 unspecified atom stereocenters. The minimum Gasteiger partial charge on any atom is -0.504 e. The molecule has 1 amide bonds. The summed E-state index contributed by atoms with van der Waals surface area (Å²) in [6.45, 7) is 1.79. The molecular formula is C9H12N2O2S. The summed E-state index contributed by atoms with van der Waals surface area (Å²) < 4.78 is 0. The van der Waals surface area contributed by atoms with E-state index in [0.717, 1.165) is 0 Å². The van der Waals surface area contributed by atoms with Gasteiger partial charge in [0.2, 0.25) is 5.91 Å². The molecule has 0 radical (unpaired) electrons. The van der Waals surface area contributed by atoms with Crippen molar-refractivity contribution in [1.82, 2.24) is 4.98 Å². The smallest absolute Gasteiger partial charge is 0.238 e. The van der Waals surface area contributed by atoms with Gasteiger partial charge in [0.15, 0.2) is 11.6 Å². The average Bonchev–Trinajstić information content (AvgIpc) is 2.20. The van der Waals surface area contributed by atoms with Gasteiger partial charge in [-0.1, -0.05) is 0 Å². The van der Waals surface area contributed by atoms with Crippen molar-refractivity contribution in [3.05, 3.63) is 18.3 Å². The number of carbonyl (C=O) groups is 1. The van der Waals surface area contributed by atoms with E-state index in [2.05, 4.69) is 10.3 Å². The molecule has 1 aromatic rings. The molecule has 1 rings (SSSR count). The molecule has 14 heavy (non-hydrogen) atoms. The van der Waals surface area contributed by atoms with Crippen molar-refractivity contribution in [3.8, 4) is 5.75 Å². The molecule has 76 valence electrons. The second-order valence-corrected chi connectivity index (χ2v) is 3.92. The quantitative estimate of drug-likeness (QED) is 0.796. The van der Waals surface area contributed by atoms with E-state index in [0.29, 0.717) is 0 Å². The lowest BCUT2D eigenvalue weighted by Crippen LogP contribution is -2.22. The van der Waals surface area contributed by atoms with E-state index in [1.807, 2.05) is 6.26 Å². The summed E-state index contributed by atoms with van der Waals surface area (Å²) in [5.74, 6) is 0.0269. The fourth-order valence-electron chi connectivity index (χ4n) is 0.818. The van der Waals surface area contributed by atoms with Crippen LogP contribution < -0.4 is 5.32 Å². The fraction of sp³-hybridized carbons (Fsp3) is 0.333. The van der Waals surface area contributed by atoms with Gasteiger partial charge >= 0.3 is 0 Å². The van der Waals surface area contributed by atoms with Crippen LogP contribution in [0.5, 0.6) is 5.75 Å². The van der Waals surface area contributed by atoms with Crippen LogP contribution in [0.2, 0.25) is 0 Å². The van der Waals surface area contributed by atoms with Gasteiger partial charge in [0.25, 0.3) is 0 Å². The Kier molecular flexibility index (Phi) is 3.76. The van der Waals surface area contributed by atoms with E-state index in [-0.39, 0.29) is 22.7 Å². The van der Waals surface area contributed by atoms with E-state index < -0.39 is 0 Å². The number of hydrogen-bond donors (Lipinski definition) is 2. The van der Waals surface area contributed by atoms with Crippen LogP contribution >= 0.6 is 11.8 Å². The first-order valence-electron chi connectivity index (χ1n) is 4.12. The summed E-state index contributed by atoms with van der Waals surface area (Å²) in [6, 6.07) is 3.08. The van der Waals surface area contributed by atoms with Crippen molar-refractivity contribution in [2.45, 2.75) is 12.2 Å². The van der Waals surface area contributed by atoms with Gasteiger partial charge in [0.05, 0.1) is 5.25 Å². The van der Waals surface area contributed by atoms with Crippen LogP contribution in [0.15, 0.2) is 18.3 Å². The molecule has 0 saturated carbocycles. The minimum absolute atomic E-state index is 0.0193. The van der Waals surface area contributed by atoms with Crippen LogP contribution in [-0.2, 0) is 4.79 Å². The molecule has 1 atom stereocenters. The summed E-state index contributed by atoms with van der Waals surface area (Å²) in [6.07, 6.45) is 3.36. The van der Waals surface area contributed by atoms with Crippen molar-refractivity contribution < 1.29 is 9.90 Å². The number of amides is 1. The standard InChI is InChI=1S/C9H12N2O2S/c1-6(14-2)9(13)11-8-7(12)4-3-5-10-8/h3-6,12H,1-2H3,(H,10,11,13)/t6-/m0/s1. The molecule has 0 aliphatic heterocycles. The van der Waals surface area contributed by atoms with Crippen molar-refractivity contribution >= 4 is 23.5 Å². The molecule has 0 spiro atoms. The lowest BCUT2D eigenvalue weighted by atomic mass is 10.4. The molecule has 4 nitrogen and oxygen atoms in total. The maximum Gasteiger partial charge on any atom is 0.238 e. The Morgan fingerprint density at radius 2 is 2.43 bits per heavy atom. The number of rotatable bonds is 3. The van der Waals surface area contributed by atoms with E-state index in [1.165, 1.54) is 24.0 Å². The molecule has 0 aromatic carbocycles. The molecule has 0 aliphatic rings. The van der Waals surface area contributed by atoms with Crippen molar-refractivity contribution in [2.75, 3.05) is 11.6 Å². The zero-order valence-electron chi connectivity index (χ0n) is 8.02. The molecule has 2 N–H and O–H groups in total. The topological polar surface area (TPSA) is 62.2 Å². The summed E-state index contributed by atoms with van der Waals surface area (Å²) in [4.78, 5) is 15.3. The highest BCUT2D eigenvalue weighted by atomic mass is 32.2. The monoisotopic (exact) mass is 212 g/mol. The van der Waals surface area contributed by atoms with Crippen LogP contribution in [0.3, 0.4) is 0 Å². The van der Waals surface area contributed by atoms with Crippen LogP contribution in [-0.4, -0.2) is 27.5 Å². The first kappa shape index (κ1) is 10.8. The summed E-state index contributed by atoms with van der Waals surface area (Å²) in [5.41, 5.74) is 0. The van der Waals surface area contributed by atoms with Gasteiger partial charge in [0.1, 0.15) is 0 Å². The molecule has 0 aliphatic carbocycles. The summed E-state index contributed by atoms with van der Waals surface area (Å²) in [7, 11) is 0. The maximum absolute atomic E-state index is 11.4. The largest absolute Gasteiger partial charge is 0.504 e. The Bertz CT molecular complexity index is 330. The number of aromatic hydroxyl groups is 1. The number of hydrogen-bond acceptors (Lipinski definition) is 4. The highest BCUT2D eigenvalue weighted by molar-refractivity contribution is 7.99. The van der Waals surface area contributed by atoms with E-state index in [4.69, 9.17) is 0 Å². The SMILES string of the molecule is CS[C@@H](C)C(=O)Nc1ncccc1O. The zero-order valence-corrected chi connectivity index (χ0v) is 8.84. The Hall–Kier alpha value is -1.23. The Balaban J connectivity index is 2.70. The Morgan fingerprint density at radius 3 is 3.00 bits per heavy atom. The lowest BCUT2D eigenvalue weighted by molar-refractivity contribution is -0.115. The predicted molar refractivity (Wildman–Crippen MR) is 57.5 cm³/mol. The predicted octanol–water partition coefficient (Wildman–Crippen LogP) is 1.48. The summed E-state index contributed by atoms with van der Waals surface area (Å²) in [5, 5.41) is 11.7. The van der Waals surface area contributed by atoms with E-state index in [9.17, 15) is 9.90 Å². The number of nitrogens with one attached hydrogen (secondary N) is 1. The summed E-state index contributed by atoms with van der Waals surface area (Å²) >= 11 is 1.44. The normalized spacial score (nSPS) is 12.1. The van der Waals surface area contributed by atoms with Gasteiger partial charge in [-0.25, -0.2) is 4.98 Å². The third-order valence-electron chi connectivity index (χ3n) is 1.75. The maximum atomic E-state index is 11.4. The number of nitrogens with zero attached hydrogens (tertiary/aromatic N) is 1. The van der Waals surface area contributed by atoms with Crippen LogP contribution in [0.1, 0.15) is 6.92 Å². The molecule has 1 aromatic heterocycles. The Morgan fingerprint density at radius 1 is 1.71 bits per heavy atom. The van der Waals surface area contributed by atoms with Gasteiger partial charge in [-0.3, -0.25) is 4.79 Å². The minimum atomic E-state index is -0.161. The van der Waals surface area contributed by atoms with Gasteiger partial charge in [0, 0.05) is 6.20 Å². The highest BCUT2D eigenvalue weighted by Gasteiger charge is 2.13. The molecule has 0 saturated heterocycles. The highest BCUT2D eigenvalue weighted by Crippen LogP contribution is 2.19. The first-order valence-corrected chi connectivity index (χ1v) is 5.41. The van der Waals surface area contributed by atoms with Gasteiger partial charge in [-0.15, -0.1) is 0 Å². The molecule has 0 bridgehead atoms. The number of carbonyl (C=O) groups excluding carboxylic acids is 1. The van der Waals surface area contributed by atoms with Crippen molar-refractivity contribution in [3.63, 3.8) is 0 Å². The van der Waals surface area contributed by atoms with Gasteiger partial charge in [-0.2, -0.15) is 11.8 Å². The average molecular weight is 212 g/mol.